The summed E-state index contributed by atoms with van der Waals surface area (Å²) < 4.78 is 1.83. The molecular weight excluding hydrogens is 236 g/mol. The van der Waals surface area contributed by atoms with Crippen LogP contribution < -0.4 is 5.73 Å². The molecule has 0 saturated carbocycles. The van der Waals surface area contributed by atoms with Crippen molar-refractivity contribution < 1.29 is 0 Å². The molecule has 0 amide bonds. The topological polar surface area (TPSA) is 56.7 Å². The van der Waals surface area contributed by atoms with Gasteiger partial charge in [0.05, 0.1) is 11.4 Å². The standard InChI is InChI=1S/C15H14N4/c16-11-14-15(12-7-3-1-4-8-12)19(18-17-14)13-9-5-2-6-10-13/h1-10H,11,16H2. The van der Waals surface area contributed by atoms with E-state index in [1.165, 1.54) is 0 Å². The van der Waals surface area contributed by atoms with E-state index in [1.54, 1.807) is 0 Å². The van der Waals surface area contributed by atoms with Crippen molar-refractivity contribution in [2.24, 2.45) is 5.73 Å². The molecule has 94 valence electrons. The summed E-state index contributed by atoms with van der Waals surface area (Å²) in [4.78, 5) is 0. The number of para-hydroxylation sites is 1. The maximum atomic E-state index is 5.76. The van der Waals surface area contributed by atoms with Crippen LogP contribution in [0.5, 0.6) is 0 Å². The number of aromatic nitrogens is 3. The van der Waals surface area contributed by atoms with Crippen LogP contribution in [-0.2, 0) is 6.54 Å². The Kier molecular flexibility index (Phi) is 3.08. The monoisotopic (exact) mass is 250 g/mol. The highest BCUT2D eigenvalue weighted by Crippen LogP contribution is 2.24. The van der Waals surface area contributed by atoms with Gasteiger partial charge in [-0.25, -0.2) is 4.68 Å². The Morgan fingerprint density at radius 3 is 2.16 bits per heavy atom. The Labute approximate surface area is 111 Å². The summed E-state index contributed by atoms with van der Waals surface area (Å²) in [5.41, 5.74) is 9.56. The van der Waals surface area contributed by atoms with Crippen molar-refractivity contribution >= 4 is 0 Å². The van der Waals surface area contributed by atoms with Crippen molar-refractivity contribution in [2.75, 3.05) is 0 Å². The van der Waals surface area contributed by atoms with Crippen molar-refractivity contribution in [3.63, 3.8) is 0 Å². The quantitative estimate of drug-likeness (QED) is 0.776. The van der Waals surface area contributed by atoms with E-state index in [2.05, 4.69) is 10.3 Å². The lowest BCUT2D eigenvalue weighted by Gasteiger charge is -2.07. The van der Waals surface area contributed by atoms with Crippen LogP contribution in [0.4, 0.5) is 0 Å². The van der Waals surface area contributed by atoms with E-state index in [0.717, 1.165) is 22.6 Å². The van der Waals surface area contributed by atoms with Crippen LogP contribution >= 0.6 is 0 Å². The molecule has 2 N–H and O–H groups in total. The van der Waals surface area contributed by atoms with Gasteiger partial charge in [0.2, 0.25) is 0 Å². The third-order valence-electron chi connectivity index (χ3n) is 2.98. The van der Waals surface area contributed by atoms with Gasteiger partial charge in [0.1, 0.15) is 5.69 Å². The summed E-state index contributed by atoms with van der Waals surface area (Å²) >= 11 is 0. The molecule has 0 saturated heterocycles. The molecule has 3 aromatic rings. The van der Waals surface area contributed by atoms with Gasteiger partial charge >= 0.3 is 0 Å². The molecule has 0 aliphatic heterocycles. The van der Waals surface area contributed by atoms with E-state index >= 15 is 0 Å². The summed E-state index contributed by atoms with van der Waals surface area (Å²) in [6.45, 7) is 0.372. The van der Waals surface area contributed by atoms with Gasteiger partial charge in [-0.15, -0.1) is 5.10 Å². The molecule has 4 nitrogen and oxygen atoms in total. The molecule has 0 radical (unpaired) electrons. The average molecular weight is 250 g/mol. The second-order valence-corrected chi connectivity index (χ2v) is 4.20. The zero-order chi connectivity index (χ0) is 13.1. The van der Waals surface area contributed by atoms with Crippen molar-refractivity contribution in [1.82, 2.24) is 15.0 Å². The largest absolute Gasteiger partial charge is 0.325 e. The third kappa shape index (κ3) is 2.13. The highest BCUT2D eigenvalue weighted by molar-refractivity contribution is 5.64. The molecular formula is C15H14N4. The Morgan fingerprint density at radius 2 is 1.53 bits per heavy atom. The third-order valence-corrected chi connectivity index (χ3v) is 2.98. The van der Waals surface area contributed by atoms with E-state index in [9.17, 15) is 0 Å². The van der Waals surface area contributed by atoms with Crippen LogP contribution in [0.3, 0.4) is 0 Å². The number of nitrogens with two attached hydrogens (primary N) is 1. The zero-order valence-corrected chi connectivity index (χ0v) is 10.4. The molecule has 0 atom stereocenters. The SMILES string of the molecule is NCc1nnn(-c2ccccc2)c1-c1ccccc1. The average Bonchev–Trinajstić information content (AvgIpc) is 2.93. The van der Waals surface area contributed by atoms with Crippen LogP contribution in [0.1, 0.15) is 5.69 Å². The fourth-order valence-electron chi connectivity index (χ4n) is 2.09. The lowest BCUT2D eigenvalue weighted by molar-refractivity contribution is 0.800. The predicted octanol–water partition coefficient (Wildman–Crippen LogP) is 2.39. The molecule has 4 heteroatoms. The number of hydrogen-bond donors (Lipinski definition) is 1. The van der Waals surface area contributed by atoms with Gasteiger partial charge in [-0.05, 0) is 12.1 Å². The minimum absolute atomic E-state index is 0.372. The molecule has 0 aliphatic rings. The van der Waals surface area contributed by atoms with E-state index < -0.39 is 0 Å². The van der Waals surface area contributed by atoms with Gasteiger partial charge in [0.25, 0.3) is 0 Å². The molecule has 0 unspecified atom stereocenters. The maximum Gasteiger partial charge on any atom is 0.105 e. The number of benzene rings is 2. The maximum absolute atomic E-state index is 5.76. The highest BCUT2D eigenvalue weighted by Gasteiger charge is 2.14. The van der Waals surface area contributed by atoms with E-state index in [4.69, 9.17) is 5.73 Å². The smallest absolute Gasteiger partial charge is 0.105 e. The summed E-state index contributed by atoms with van der Waals surface area (Å²) in [6.07, 6.45) is 0. The minimum Gasteiger partial charge on any atom is -0.325 e. The van der Waals surface area contributed by atoms with Crippen LogP contribution in [0, 0.1) is 0 Å². The summed E-state index contributed by atoms with van der Waals surface area (Å²) in [5.74, 6) is 0. The van der Waals surface area contributed by atoms with Gasteiger partial charge in [-0.3, -0.25) is 0 Å². The molecule has 0 aliphatic carbocycles. The van der Waals surface area contributed by atoms with Crippen molar-refractivity contribution in [3.8, 4) is 16.9 Å². The first-order chi connectivity index (χ1) is 9.40. The second-order valence-electron chi connectivity index (χ2n) is 4.20. The fraction of sp³-hybridized carbons (Fsp3) is 0.0667. The molecule has 1 heterocycles. The first-order valence-electron chi connectivity index (χ1n) is 6.15. The first-order valence-corrected chi connectivity index (χ1v) is 6.15. The molecule has 19 heavy (non-hydrogen) atoms. The predicted molar refractivity (Wildman–Crippen MR) is 74.7 cm³/mol. The Balaban J connectivity index is 2.20. The summed E-state index contributed by atoms with van der Waals surface area (Å²) in [7, 11) is 0. The number of rotatable bonds is 3. The van der Waals surface area contributed by atoms with Crippen LogP contribution in [0.2, 0.25) is 0 Å². The van der Waals surface area contributed by atoms with E-state index in [1.807, 2.05) is 65.3 Å². The van der Waals surface area contributed by atoms with Gasteiger partial charge < -0.3 is 5.73 Å². The molecule has 2 aromatic carbocycles. The van der Waals surface area contributed by atoms with E-state index in [0.29, 0.717) is 6.54 Å². The molecule has 0 fully saturated rings. The molecule has 0 spiro atoms. The Morgan fingerprint density at radius 1 is 0.895 bits per heavy atom. The van der Waals surface area contributed by atoms with Crippen molar-refractivity contribution in [2.45, 2.75) is 6.54 Å². The van der Waals surface area contributed by atoms with Gasteiger partial charge in [0.15, 0.2) is 0 Å². The van der Waals surface area contributed by atoms with Gasteiger partial charge in [0, 0.05) is 12.1 Å². The minimum atomic E-state index is 0.372. The lowest BCUT2D eigenvalue weighted by atomic mass is 10.1. The van der Waals surface area contributed by atoms with E-state index in [-0.39, 0.29) is 0 Å². The normalized spacial score (nSPS) is 10.6. The highest BCUT2D eigenvalue weighted by atomic mass is 15.4. The first kappa shape index (κ1) is 11.6. The van der Waals surface area contributed by atoms with Crippen molar-refractivity contribution in [1.29, 1.82) is 0 Å². The van der Waals surface area contributed by atoms with Gasteiger partial charge in [-0.2, -0.15) is 0 Å². The second kappa shape index (κ2) is 5.04. The fourth-order valence-corrected chi connectivity index (χ4v) is 2.09. The molecule has 0 bridgehead atoms. The Hall–Kier alpha value is -2.46. The van der Waals surface area contributed by atoms with Gasteiger partial charge in [-0.1, -0.05) is 53.7 Å². The summed E-state index contributed by atoms with van der Waals surface area (Å²) in [6, 6.07) is 20.0. The molecule has 3 rings (SSSR count). The van der Waals surface area contributed by atoms with Crippen LogP contribution in [-0.4, -0.2) is 15.0 Å². The van der Waals surface area contributed by atoms with Crippen LogP contribution in [0.25, 0.3) is 16.9 Å². The molecule has 1 aromatic heterocycles. The zero-order valence-electron chi connectivity index (χ0n) is 10.4. The summed E-state index contributed by atoms with van der Waals surface area (Å²) in [5, 5.41) is 8.40. The number of hydrogen-bond acceptors (Lipinski definition) is 3. The number of nitrogens with zero attached hydrogens (tertiary/aromatic N) is 3. The van der Waals surface area contributed by atoms with Crippen molar-refractivity contribution in [3.05, 3.63) is 66.4 Å². The lowest BCUT2D eigenvalue weighted by Crippen LogP contribution is -2.02. The Bertz CT molecular complexity index is 659. The van der Waals surface area contributed by atoms with Crippen LogP contribution in [0.15, 0.2) is 60.7 Å².